The second kappa shape index (κ2) is 8.04. The van der Waals surface area contributed by atoms with E-state index in [0.29, 0.717) is 18.8 Å². The van der Waals surface area contributed by atoms with E-state index in [1.54, 1.807) is 44.1 Å². The van der Waals surface area contributed by atoms with Gasteiger partial charge in [-0.25, -0.2) is 4.79 Å². The highest BCUT2D eigenvalue weighted by Crippen LogP contribution is 2.20. The third-order valence-corrected chi connectivity index (χ3v) is 3.60. The standard InChI is InChI=1S/C17H25N3O5/c1-17(2,3)25-16(23)19-7-6-18-15(22)12-9-14(21)20(10-12)11-13-5-4-8-24-13/h4-5,8,12H,6-7,9-11H2,1-3H3,(H,18,22)(H,19,23). The maximum atomic E-state index is 12.2. The van der Waals surface area contributed by atoms with Crippen LogP contribution in [0.5, 0.6) is 0 Å². The second-order valence-electron chi connectivity index (χ2n) is 6.97. The number of carbonyl (C=O) groups is 3. The molecule has 0 spiro atoms. The molecule has 2 N–H and O–H groups in total. The van der Waals surface area contributed by atoms with E-state index in [4.69, 9.17) is 9.15 Å². The Hall–Kier alpha value is -2.51. The summed E-state index contributed by atoms with van der Waals surface area (Å²) in [6.45, 7) is 6.61. The van der Waals surface area contributed by atoms with Gasteiger partial charge < -0.3 is 24.7 Å². The van der Waals surface area contributed by atoms with Crippen LogP contribution in [-0.2, 0) is 20.9 Å². The van der Waals surface area contributed by atoms with Crippen LogP contribution in [0, 0.1) is 5.92 Å². The number of rotatable bonds is 6. The van der Waals surface area contributed by atoms with E-state index in [1.807, 2.05) is 0 Å². The van der Waals surface area contributed by atoms with Crippen LogP contribution in [0.2, 0.25) is 0 Å². The average molecular weight is 351 g/mol. The molecule has 1 saturated heterocycles. The Labute approximate surface area is 146 Å². The molecule has 8 nitrogen and oxygen atoms in total. The molecule has 0 bridgehead atoms. The Morgan fingerprint density at radius 3 is 2.68 bits per heavy atom. The number of hydrogen-bond acceptors (Lipinski definition) is 5. The van der Waals surface area contributed by atoms with Crippen LogP contribution < -0.4 is 10.6 Å². The molecule has 1 fully saturated rings. The quantitative estimate of drug-likeness (QED) is 0.752. The number of ether oxygens (including phenoxy) is 1. The summed E-state index contributed by atoms with van der Waals surface area (Å²) in [5, 5.41) is 5.30. The smallest absolute Gasteiger partial charge is 0.407 e. The van der Waals surface area contributed by atoms with Gasteiger partial charge in [0.25, 0.3) is 0 Å². The number of furan rings is 1. The predicted molar refractivity (Wildman–Crippen MR) is 89.5 cm³/mol. The summed E-state index contributed by atoms with van der Waals surface area (Å²) in [5.74, 6) is 0.0460. The number of alkyl carbamates (subject to hydrolysis) is 1. The summed E-state index contributed by atoms with van der Waals surface area (Å²) >= 11 is 0. The fourth-order valence-corrected chi connectivity index (χ4v) is 2.50. The summed E-state index contributed by atoms with van der Waals surface area (Å²) < 4.78 is 10.3. The zero-order valence-electron chi connectivity index (χ0n) is 14.8. The Morgan fingerprint density at radius 2 is 2.04 bits per heavy atom. The maximum absolute atomic E-state index is 12.2. The Balaban J connectivity index is 1.68. The molecular formula is C17H25N3O5. The highest BCUT2D eigenvalue weighted by Gasteiger charge is 2.34. The van der Waals surface area contributed by atoms with Crippen molar-refractivity contribution in [3.63, 3.8) is 0 Å². The van der Waals surface area contributed by atoms with Gasteiger partial charge >= 0.3 is 6.09 Å². The van der Waals surface area contributed by atoms with Crippen molar-refractivity contribution in [1.29, 1.82) is 0 Å². The van der Waals surface area contributed by atoms with E-state index < -0.39 is 11.7 Å². The van der Waals surface area contributed by atoms with Gasteiger partial charge in [-0.15, -0.1) is 0 Å². The molecule has 2 rings (SSSR count). The number of amides is 3. The van der Waals surface area contributed by atoms with Gasteiger partial charge in [0.1, 0.15) is 11.4 Å². The van der Waals surface area contributed by atoms with E-state index in [2.05, 4.69) is 10.6 Å². The molecule has 1 aromatic rings. The van der Waals surface area contributed by atoms with Gasteiger partial charge in [0.2, 0.25) is 11.8 Å². The van der Waals surface area contributed by atoms with Gasteiger partial charge in [-0.3, -0.25) is 9.59 Å². The first kappa shape index (κ1) is 18.8. The van der Waals surface area contributed by atoms with Crippen molar-refractivity contribution in [2.75, 3.05) is 19.6 Å². The summed E-state index contributed by atoms with van der Waals surface area (Å²) in [6, 6.07) is 3.56. The van der Waals surface area contributed by atoms with Crippen molar-refractivity contribution in [1.82, 2.24) is 15.5 Å². The fourth-order valence-electron chi connectivity index (χ4n) is 2.50. The molecule has 1 unspecified atom stereocenters. The van der Waals surface area contributed by atoms with Crippen LogP contribution in [-0.4, -0.2) is 48.0 Å². The van der Waals surface area contributed by atoms with Gasteiger partial charge in [0, 0.05) is 26.1 Å². The van der Waals surface area contributed by atoms with E-state index in [1.165, 1.54) is 0 Å². The SMILES string of the molecule is CC(C)(C)OC(=O)NCCNC(=O)C1CC(=O)N(Cc2ccco2)C1. The summed E-state index contributed by atoms with van der Waals surface area (Å²) in [4.78, 5) is 37.3. The Morgan fingerprint density at radius 1 is 1.32 bits per heavy atom. The predicted octanol–water partition coefficient (Wildman–Crippen LogP) is 1.27. The lowest BCUT2D eigenvalue weighted by atomic mass is 10.1. The zero-order chi connectivity index (χ0) is 18.4. The molecule has 25 heavy (non-hydrogen) atoms. The molecule has 3 amide bonds. The lowest BCUT2D eigenvalue weighted by molar-refractivity contribution is -0.129. The first-order valence-corrected chi connectivity index (χ1v) is 8.29. The Kier molecular flexibility index (Phi) is 6.06. The molecule has 1 aliphatic heterocycles. The Bertz CT molecular complexity index is 606. The van der Waals surface area contributed by atoms with Crippen molar-refractivity contribution in [2.45, 2.75) is 39.3 Å². The van der Waals surface area contributed by atoms with Crippen LogP contribution in [0.15, 0.2) is 22.8 Å². The molecule has 1 aromatic heterocycles. The molecule has 0 aromatic carbocycles. The normalized spacial score (nSPS) is 17.5. The van der Waals surface area contributed by atoms with Gasteiger partial charge in [-0.1, -0.05) is 0 Å². The molecule has 2 heterocycles. The van der Waals surface area contributed by atoms with Crippen LogP contribution >= 0.6 is 0 Å². The number of likely N-dealkylation sites (tertiary alicyclic amines) is 1. The molecular weight excluding hydrogens is 326 g/mol. The minimum absolute atomic E-state index is 0.0663. The first-order chi connectivity index (χ1) is 11.7. The first-order valence-electron chi connectivity index (χ1n) is 8.29. The van der Waals surface area contributed by atoms with Gasteiger partial charge in [-0.05, 0) is 32.9 Å². The molecule has 138 valence electrons. The lowest BCUT2D eigenvalue weighted by Gasteiger charge is -2.19. The van der Waals surface area contributed by atoms with Crippen molar-refractivity contribution in [2.24, 2.45) is 5.92 Å². The fraction of sp³-hybridized carbons (Fsp3) is 0.588. The molecule has 0 aliphatic carbocycles. The van der Waals surface area contributed by atoms with Crippen LogP contribution in [0.4, 0.5) is 4.79 Å². The zero-order valence-corrected chi connectivity index (χ0v) is 14.8. The summed E-state index contributed by atoms with van der Waals surface area (Å²) in [7, 11) is 0. The number of hydrogen-bond donors (Lipinski definition) is 2. The second-order valence-corrected chi connectivity index (χ2v) is 6.97. The maximum Gasteiger partial charge on any atom is 0.407 e. The number of nitrogens with zero attached hydrogens (tertiary/aromatic N) is 1. The number of carbonyl (C=O) groups excluding carboxylic acids is 3. The molecule has 8 heteroatoms. The van der Waals surface area contributed by atoms with Crippen LogP contribution in [0.25, 0.3) is 0 Å². The van der Waals surface area contributed by atoms with Gasteiger partial charge in [0.05, 0.1) is 18.7 Å². The van der Waals surface area contributed by atoms with Gasteiger partial charge in [0.15, 0.2) is 0 Å². The molecule has 0 radical (unpaired) electrons. The summed E-state index contributed by atoms with van der Waals surface area (Å²) in [6.07, 6.45) is 1.21. The van der Waals surface area contributed by atoms with Gasteiger partial charge in [-0.2, -0.15) is 0 Å². The highest BCUT2D eigenvalue weighted by atomic mass is 16.6. The van der Waals surface area contributed by atoms with E-state index in [-0.39, 0.29) is 37.2 Å². The van der Waals surface area contributed by atoms with Crippen molar-refractivity contribution in [3.05, 3.63) is 24.2 Å². The van der Waals surface area contributed by atoms with E-state index in [0.717, 1.165) is 0 Å². The van der Waals surface area contributed by atoms with E-state index in [9.17, 15) is 14.4 Å². The molecule has 1 atom stereocenters. The largest absolute Gasteiger partial charge is 0.467 e. The minimum Gasteiger partial charge on any atom is -0.467 e. The third kappa shape index (κ3) is 6.13. The number of nitrogens with one attached hydrogen (secondary N) is 2. The highest BCUT2D eigenvalue weighted by molar-refractivity contribution is 5.89. The lowest BCUT2D eigenvalue weighted by Crippen LogP contribution is -2.40. The minimum atomic E-state index is -0.561. The summed E-state index contributed by atoms with van der Waals surface area (Å²) in [5.41, 5.74) is -0.561. The molecule has 0 saturated carbocycles. The third-order valence-electron chi connectivity index (χ3n) is 3.60. The van der Waals surface area contributed by atoms with Crippen LogP contribution in [0.3, 0.4) is 0 Å². The molecule has 1 aliphatic rings. The van der Waals surface area contributed by atoms with Crippen molar-refractivity contribution >= 4 is 17.9 Å². The van der Waals surface area contributed by atoms with Crippen molar-refractivity contribution < 1.29 is 23.5 Å². The van der Waals surface area contributed by atoms with Crippen molar-refractivity contribution in [3.8, 4) is 0 Å². The topological polar surface area (TPSA) is 101 Å². The average Bonchev–Trinajstić information content (AvgIpc) is 3.13. The van der Waals surface area contributed by atoms with Crippen LogP contribution in [0.1, 0.15) is 33.0 Å². The monoisotopic (exact) mass is 351 g/mol. The van der Waals surface area contributed by atoms with E-state index >= 15 is 0 Å².